The minimum atomic E-state index is -0.707. The summed E-state index contributed by atoms with van der Waals surface area (Å²) in [5.74, 6) is -0.622. The Morgan fingerprint density at radius 2 is 1.72 bits per heavy atom. The Balaban J connectivity index is 2.79. The fraction of sp³-hybridized carbons (Fsp3) is 0.526. The summed E-state index contributed by atoms with van der Waals surface area (Å²) in [6.07, 6.45) is 2.88. The number of benzene rings is 1. The first-order valence-corrected chi connectivity index (χ1v) is 8.82. The summed E-state index contributed by atoms with van der Waals surface area (Å²) in [7, 11) is 0. The monoisotopic (exact) mass is 347 g/mol. The number of hydrogen-bond acceptors (Lipinski definition) is 4. The summed E-state index contributed by atoms with van der Waals surface area (Å²) in [5.41, 5.74) is 6.44. The number of amides is 2. The van der Waals surface area contributed by atoms with E-state index in [4.69, 9.17) is 5.73 Å². The highest BCUT2D eigenvalue weighted by Crippen LogP contribution is 2.07. The van der Waals surface area contributed by atoms with Crippen LogP contribution in [0.3, 0.4) is 0 Å². The van der Waals surface area contributed by atoms with Crippen LogP contribution < -0.4 is 16.4 Å². The van der Waals surface area contributed by atoms with Gasteiger partial charge in [-0.1, -0.05) is 37.3 Å². The molecule has 0 radical (unpaired) electrons. The van der Waals surface area contributed by atoms with Gasteiger partial charge in [0.1, 0.15) is 6.04 Å². The molecule has 0 aliphatic heterocycles. The largest absolute Gasteiger partial charge is 0.345 e. The molecular formula is C19H29N3O3. The van der Waals surface area contributed by atoms with Gasteiger partial charge in [-0.05, 0) is 31.4 Å². The Labute approximate surface area is 149 Å². The first-order chi connectivity index (χ1) is 12.0. The maximum Gasteiger partial charge on any atom is 0.243 e. The van der Waals surface area contributed by atoms with Gasteiger partial charge >= 0.3 is 0 Å². The molecule has 0 aliphatic rings. The lowest BCUT2D eigenvalue weighted by molar-refractivity contribution is -0.131. The third-order valence-electron chi connectivity index (χ3n) is 3.98. The molecule has 138 valence electrons. The summed E-state index contributed by atoms with van der Waals surface area (Å²) in [6.45, 7) is 3.71. The van der Waals surface area contributed by atoms with E-state index in [0.717, 1.165) is 18.4 Å². The van der Waals surface area contributed by atoms with Gasteiger partial charge in [-0.2, -0.15) is 0 Å². The molecular weight excluding hydrogens is 318 g/mol. The molecule has 1 rings (SSSR count). The molecule has 0 aliphatic carbocycles. The summed E-state index contributed by atoms with van der Waals surface area (Å²) >= 11 is 0. The van der Waals surface area contributed by atoms with Crippen LogP contribution in [-0.2, 0) is 20.8 Å². The third kappa shape index (κ3) is 7.94. The zero-order chi connectivity index (χ0) is 18.7. The van der Waals surface area contributed by atoms with Crippen molar-refractivity contribution in [2.24, 2.45) is 5.73 Å². The highest BCUT2D eigenvalue weighted by atomic mass is 16.2. The zero-order valence-electron chi connectivity index (χ0n) is 15.1. The molecule has 0 heterocycles. The molecule has 4 N–H and O–H groups in total. The zero-order valence-corrected chi connectivity index (χ0v) is 15.1. The van der Waals surface area contributed by atoms with Gasteiger partial charge in [-0.15, -0.1) is 0 Å². The smallest absolute Gasteiger partial charge is 0.243 e. The standard InChI is InChI=1S/C19H29N3O3/c1-3-18(24)16(11-7-8-12-20)22-19(25)17(21-14(2)23)13-15-9-5-4-6-10-15/h4-6,9-10,16-17H,3,7-8,11-13,20H2,1-2H3,(H,21,23)(H,22,25)/t16-,17-/m0/s1. The molecule has 2 amide bonds. The van der Waals surface area contributed by atoms with Gasteiger partial charge in [0.25, 0.3) is 0 Å². The maximum absolute atomic E-state index is 12.6. The van der Waals surface area contributed by atoms with Crippen LogP contribution in [-0.4, -0.2) is 36.2 Å². The Morgan fingerprint density at radius 3 is 2.28 bits per heavy atom. The Hall–Kier alpha value is -2.21. The molecule has 0 aromatic heterocycles. The molecule has 25 heavy (non-hydrogen) atoms. The van der Waals surface area contributed by atoms with E-state index in [1.165, 1.54) is 6.92 Å². The Bertz CT molecular complexity index is 560. The number of carbonyl (C=O) groups is 3. The van der Waals surface area contributed by atoms with Crippen LogP contribution >= 0.6 is 0 Å². The highest BCUT2D eigenvalue weighted by molar-refractivity contribution is 5.92. The quantitative estimate of drug-likeness (QED) is 0.526. The molecule has 0 bridgehead atoms. The number of Topliss-reactive ketones (excluding diaryl/α,β-unsaturated/α-hetero) is 1. The lowest BCUT2D eigenvalue weighted by Crippen LogP contribution is -2.52. The van der Waals surface area contributed by atoms with Crippen molar-refractivity contribution in [1.82, 2.24) is 10.6 Å². The van der Waals surface area contributed by atoms with Crippen LogP contribution in [0.25, 0.3) is 0 Å². The van der Waals surface area contributed by atoms with Crippen molar-refractivity contribution in [3.63, 3.8) is 0 Å². The topological polar surface area (TPSA) is 101 Å². The van der Waals surface area contributed by atoms with Crippen molar-refractivity contribution in [2.75, 3.05) is 6.54 Å². The fourth-order valence-corrected chi connectivity index (χ4v) is 2.63. The molecule has 0 saturated carbocycles. The second kappa shape index (κ2) is 11.4. The Morgan fingerprint density at radius 1 is 1.04 bits per heavy atom. The van der Waals surface area contributed by atoms with Crippen LogP contribution in [0.5, 0.6) is 0 Å². The van der Waals surface area contributed by atoms with Crippen molar-refractivity contribution in [3.8, 4) is 0 Å². The third-order valence-corrected chi connectivity index (χ3v) is 3.98. The number of unbranched alkanes of at least 4 members (excludes halogenated alkanes) is 1. The molecule has 0 fully saturated rings. The number of nitrogens with two attached hydrogens (primary N) is 1. The van der Waals surface area contributed by atoms with E-state index < -0.39 is 12.1 Å². The van der Waals surface area contributed by atoms with Gasteiger partial charge in [0.2, 0.25) is 11.8 Å². The SMILES string of the molecule is CCC(=O)[C@H](CCCCN)NC(=O)[C@H](Cc1ccccc1)NC(C)=O. The molecule has 0 spiro atoms. The average molecular weight is 347 g/mol. The van der Waals surface area contributed by atoms with Gasteiger partial charge < -0.3 is 16.4 Å². The number of hydrogen-bond donors (Lipinski definition) is 3. The lowest BCUT2D eigenvalue weighted by atomic mass is 10.0. The van der Waals surface area contributed by atoms with Crippen molar-refractivity contribution >= 4 is 17.6 Å². The van der Waals surface area contributed by atoms with Gasteiger partial charge in [-0.3, -0.25) is 14.4 Å². The van der Waals surface area contributed by atoms with Gasteiger partial charge in [0.15, 0.2) is 5.78 Å². The number of rotatable bonds is 11. The second-order valence-corrected chi connectivity index (χ2v) is 6.11. The van der Waals surface area contributed by atoms with Crippen molar-refractivity contribution in [1.29, 1.82) is 0 Å². The molecule has 0 saturated heterocycles. The average Bonchev–Trinajstić information content (AvgIpc) is 2.60. The molecule has 6 nitrogen and oxygen atoms in total. The van der Waals surface area contributed by atoms with E-state index in [-0.39, 0.29) is 17.6 Å². The summed E-state index contributed by atoms with van der Waals surface area (Å²) in [6, 6.07) is 8.22. The van der Waals surface area contributed by atoms with Crippen LogP contribution in [0.1, 0.15) is 45.1 Å². The van der Waals surface area contributed by atoms with Crippen LogP contribution in [0.2, 0.25) is 0 Å². The van der Waals surface area contributed by atoms with Gasteiger partial charge in [0.05, 0.1) is 6.04 Å². The van der Waals surface area contributed by atoms with Gasteiger partial charge in [-0.25, -0.2) is 0 Å². The van der Waals surface area contributed by atoms with E-state index in [2.05, 4.69) is 10.6 Å². The molecule has 0 unspecified atom stereocenters. The van der Waals surface area contributed by atoms with E-state index in [1.54, 1.807) is 6.92 Å². The van der Waals surface area contributed by atoms with Crippen molar-refractivity contribution in [3.05, 3.63) is 35.9 Å². The summed E-state index contributed by atoms with van der Waals surface area (Å²) < 4.78 is 0. The van der Waals surface area contributed by atoms with Crippen molar-refractivity contribution < 1.29 is 14.4 Å². The molecule has 1 aromatic carbocycles. The summed E-state index contributed by atoms with van der Waals surface area (Å²) in [5, 5.41) is 5.48. The number of carbonyl (C=O) groups excluding carboxylic acids is 3. The minimum Gasteiger partial charge on any atom is -0.345 e. The minimum absolute atomic E-state index is 0.00772. The predicted molar refractivity (Wildman–Crippen MR) is 97.9 cm³/mol. The number of ketones is 1. The Kier molecular flexibility index (Phi) is 9.47. The maximum atomic E-state index is 12.6. The van der Waals surface area contributed by atoms with Crippen LogP contribution in [0.15, 0.2) is 30.3 Å². The normalized spacial score (nSPS) is 12.9. The molecule has 2 atom stereocenters. The van der Waals surface area contributed by atoms with Crippen LogP contribution in [0, 0.1) is 0 Å². The van der Waals surface area contributed by atoms with Gasteiger partial charge in [0, 0.05) is 19.8 Å². The van der Waals surface area contributed by atoms with E-state index in [0.29, 0.717) is 25.8 Å². The van der Waals surface area contributed by atoms with E-state index in [1.807, 2.05) is 30.3 Å². The van der Waals surface area contributed by atoms with E-state index >= 15 is 0 Å². The fourth-order valence-electron chi connectivity index (χ4n) is 2.63. The second-order valence-electron chi connectivity index (χ2n) is 6.11. The lowest BCUT2D eigenvalue weighted by Gasteiger charge is -2.22. The van der Waals surface area contributed by atoms with E-state index in [9.17, 15) is 14.4 Å². The first-order valence-electron chi connectivity index (χ1n) is 8.82. The summed E-state index contributed by atoms with van der Waals surface area (Å²) in [4.78, 5) is 36.2. The highest BCUT2D eigenvalue weighted by Gasteiger charge is 2.25. The molecule has 1 aromatic rings. The number of nitrogens with one attached hydrogen (secondary N) is 2. The molecule has 6 heteroatoms. The predicted octanol–water partition coefficient (Wildman–Crippen LogP) is 1.33. The van der Waals surface area contributed by atoms with Crippen LogP contribution in [0.4, 0.5) is 0 Å². The van der Waals surface area contributed by atoms with Crippen molar-refractivity contribution in [2.45, 2.75) is 58.0 Å². The first kappa shape index (κ1) is 20.8.